The lowest BCUT2D eigenvalue weighted by atomic mass is 10.1. The van der Waals surface area contributed by atoms with Crippen LogP contribution in [0.15, 0.2) is 48.5 Å². The minimum atomic E-state index is 0.543. The van der Waals surface area contributed by atoms with E-state index in [1.54, 1.807) is 28.4 Å². The Morgan fingerprint density at radius 2 is 1.45 bits per heavy atom. The molecule has 0 radical (unpaired) electrons. The van der Waals surface area contributed by atoms with Crippen molar-refractivity contribution < 1.29 is 18.9 Å². The van der Waals surface area contributed by atoms with Crippen LogP contribution in [0.25, 0.3) is 33.8 Å². The number of hydrogen-bond acceptors (Lipinski definition) is 6. The summed E-state index contributed by atoms with van der Waals surface area (Å²) in [4.78, 5) is 12.7. The van der Waals surface area contributed by atoms with E-state index in [0.29, 0.717) is 23.1 Å². The Labute approximate surface area is 168 Å². The Kier molecular flexibility index (Phi) is 4.95. The Morgan fingerprint density at radius 1 is 0.724 bits per heavy atom. The number of ether oxygens (including phenoxy) is 4. The van der Waals surface area contributed by atoms with Gasteiger partial charge in [-0.25, -0.2) is 9.97 Å². The predicted octanol–water partition coefficient (Wildman–Crippen LogP) is 4.33. The average Bonchev–Trinajstić information content (AvgIpc) is 3.21. The fourth-order valence-electron chi connectivity index (χ4n) is 3.19. The zero-order valence-electron chi connectivity index (χ0n) is 16.6. The number of H-pyrrole nitrogens is 1. The molecule has 0 aliphatic rings. The van der Waals surface area contributed by atoms with Gasteiger partial charge in [-0.2, -0.15) is 0 Å². The number of hydrogen-bond donors (Lipinski definition) is 1. The predicted molar refractivity (Wildman–Crippen MR) is 111 cm³/mol. The molecule has 0 atom stereocenters. The van der Waals surface area contributed by atoms with Gasteiger partial charge in [-0.1, -0.05) is 6.07 Å². The number of aromatic amines is 1. The maximum absolute atomic E-state index is 5.45. The topological polar surface area (TPSA) is 78.5 Å². The summed E-state index contributed by atoms with van der Waals surface area (Å²) in [5, 5.41) is 0. The van der Waals surface area contributed by atoms with Gasteiger partial charge in [-0.05, 0) is 36.4 Å². The SMILES string of the molecule is COc1ccc2nc(-c3cccc(-c4cc(OC)c(OC)c(OC)c4)n3)[nH]c2c1. The molecule has 7 nitrogen and oxygen atoms in total. The molecular weight excluding hydrogens is 370 g/mol. The molecule has 0 bridgehead atoms. The minimum Gasteiger partial charge on any atom is -0.497 e. The van der Waals surface area contributed by atoms with Gasteiger partial charge in [0.2, 0.25) is 5.75 Å². The van der Waals surface area contributed by atoms with Crippen molar-refractivity contribution in [2.24, 2.45) is 0 Å². The highest BCUT2D eigenvalue weighted by molar-refractivity contribution is 5.80. The largest absolute Gasteiger partial charge is 0.497 e. The van der Waals surface area contributed by atoms with Crippen molar-refractivity contribution in [3.8, 4) is 45.8 Å². The number of pyridine rings is 1. The third-order valence-corrected chi connectivity index (χ3v) is 4.64. The molecular formula is C22H21N3O4. The molecule has 2 aromatic carbocycles. The second-order valence-corrected chi connectivity index (χ2v) is 6.29. The number of nitrogens with zero attached hydrogens (tertiary/aromatic N) is 2. The summed E-state index contributed by atoms with van der Waals surface area (Å²) < 4.78 is 21.6. The average molecular weight is 391 g/mol. The first-order chi connectivity index (χ1) is 14.2. The molecule has 2 aromatic heterocycles. The van der Waals surface area contributed by atoms with E-state index in [2.05, 4.69) is 9.97 Å². The molecule has 0 aliphatic heterocycles. The van der Waals surface area contributed by atoms with E-state index in [9.17, 15) is 0 Å². The summed E-state index contributed by atoms with van der Waals surface area (Å²) in [6.07, 6.45) is 0. The van der Waals surface area contributed by atoms with Crippen LogP contribution in [0.5, 0.6) is 23.0 Å². The highest BCUT2D eigenvalue weighted by Crippen LogP contribution is 2.41. The number of rotatable bonds is 6. The molecule has 4 aromatic rings. The molecule has 0 amide bonds. The van der Waals surface area contributed by atoms with Crippen LogP contribution >= 0.6 is 0 Å². The highest BCUT2D eigenvalue weighted by Gasteiger charge is 2.15. The highest BCUT2D eigenvalue weighted by atomic mass is 16.5. The Morgan fingerprint density at radius 3 is 2.10 bits per heavy atom. The molecule has 0 saturated carbocycles. The monoisotopic (exact) mass is 391 g/mol. The zero-order valence-corrected chi connectivity index (χ0v) is 16.6. The van der Waals surface area contributed by atoms with Crippen LogP contribution in [-0.2, 0) is 0 Å². The number of fused-ring (bicyclic) bond motifs is 1. The first-order valence-electron chi connectivity index (χ1n) is 8.98. The molecule has 0 spiro atoms. The normalized spacial score (nSPS) is 10.8. The van der Waals surface area contributed by atoms with E-state index < -0.39 is 0 Å². The number of aromatic nitrogens is 3. The second-order valence-electron chi connectivity index (χ2n) is 6.29. The molecule has 0 unspecified atom stereocenters. The smallest absolute Gasteiger partial charge is 0.203 e. The summed E-state index contributed by atoms with van der Waals surface area (Å²) in [7, 11) is 6.40. The second kappa shape index (κ2) is 7.71. The van der Waals surface area contributed by atoms with Crippen LogP contribution in [0.3, 0.4) is 0 Å². The van der Waals surface area contributed by atoms with Crippen molar-refractivity contribution in [3.05, 3.63) is 48.5 Å². The van der Waals surface area contributed by atoms with E-state index in [1.165, 1.54) is 0 Å². The molecule has 4 rings (SSSR count). The molecule has 7 heteroatoms. The minimum absolute atomic E-state index is 0.543. The maximum Gasteiger partial charge on any atom is 0.203 e. The third kappa shape index (κ3) is 3.42. The Bertz CT molecular complexity index is 1140. The van der Waals surface area contributed by atoms with Gasteiger partial charge in [0.05, 0.1) is 45.2 Å². The number of methoxy groups -OCH3 is 4. The van der Waals surface area contributed by atoms with Crippen LogP contribution in [-0.4, -0.2) is 43.4 Å². The Balaban J connectivity index is 1.78. The lowest BCUT2D eigenvalue weighted by Crippen LogP contribution is -1.96. The van der Waals surface area contributed by atoms with Gasteiger partial charge in [-0.15, -0.1) is 0 Å². The fourth-order valence-corrected chi connectivity index (χ4v) is 3.19. The van der Waals surface area contributed by atoms with Gasteiger partial charge in [-0.3, -0.25) is 0 Å². The van der Waals surface area contributed by atoms with Crippen molar-refractivity contribution in [3.63, 3.8) is 0 Å². The molecule has 29 heavy (non-hydrogen) atoms. The van der Waals surface area contributed by atoms with Crippen molar-refractivity contribution >= 4 is 11.0 Å². The van der Waals surface area contributed by atoms with E-state index >= 15 is 0 Å². The lowest BCUT2D eigenvalue weighted by molar-refractivity contribution is 0.324. The first-order valence-corrected chi connectivity index (χ1v) is 8.98. The van der Waals surface area contributed by atoms with Crippen molar-refractivity contribution in [2.75, 3.05) is 28.4 Å². The molecule has 2 heterocycles. The number of imidazole rings is 1. The van der Waals surface area contributed by atoms with Crippen molar-refractivity contribution in [1.82, 2.24) is 15.0 Å². The molecule has 0 fully saturated rings. The van der Waals surface area contributed by atoms with Crippen LogP contribution in [0.4, 0.5) is 0 Å². The van der Waals surface area contributed by atoms with Crippen LogP contribution in [0.1, 0.15) is 0 Å². The van der Waals surface area contributed by atoms with E-state index in [0.717, 1.165) is 33.7 Å². The van der Waals surface area contributed by atoms with Crippen molar-refractivity contribution in [1.29, 1.82) is 0 Å². The van der Waals surface area contributed by atoms with Gasteiger partial charge in [0, 0.05) is 11.6 Å². The summed E-state index contributed by atoms with van der Waals surface area (Å²) in [6, 6.07) is 15.2. The van der Waals surface area contributed by atoms with Crippen LogP contribution in [0, 0.1) is 0 Å². The van der Waals surface area contributed by atoms with Gasteiger partial charge in [0.15, 0.2) is 17.3 Å². The quantitative estimate of drug-likeness (QED) is 0.527. The summed E-state index contributed by atoms with van der Waals surface area (Å²) in [5.41, 5.74) is 4.07. The maximum atomic E-state index is 5.45. The summed E-state index contributed by atoms with van der Waals surface area (Å²) in [5.74, 6) is 3.14. The van der Waals surface area contributed by atoms with Crippen LogP contribution < -0.4 is 18.9 Å². The van der Waals surface area contributed by atoms with E-state index in [-0.39, 0.29) is 0 Å². The van der Waals surface area contributed by atoms with Gasteiger partial charge >= 0.3 is 0 Å². The number of benzene rings is 2. The zero-order chi connectivity index (χ0) is 20.4. The van der Waals surface area contributed by atoms with Gasteiger partial charge < -0.3 is 23.9 Å². The molecule has 1 N–H and O–H groups in total. The molecule has 0 saturated heterocycles. The summed E-state index contributed by atoms with van der Waals surface area (Å²) >= 11 is 0. The van der Waals surface area contributed by atoms with Gasteiger partial charge in [0.1, 0.15) is 11.4 Å². The van der Waals surface area contributed by atoms with Crippen LogP contribution in [0.2, 0.25) is 0 Å². The van der Waals surface area contributed by atoms with Gasteiger partial charge in [0.25, 0.3) is 0 Å². The molecule has 148 valence electrons. The first kappa shape index (κ1) is 18.6. The fraction of sp³-hybridized carbons (Fsp3) is 0.182. The standard InChI is InChI=1S/C22H21N3O4/c1-26-14-8-9-16-18(12-14)25-22(24-16)17-7-5-6-15(23-17)13-10-19(27-2)21(29-4)20(11-13)28-3/h5-12H,1-4H3,(H,24,25). The Hall–Kier alpha value is -3.74. The summed E-state index contributed by atoms with van der Waals surface area (Å²) in [6.45, 7) is 0. The third-order valence-electron chi connectivity index (χ3n) is 4.64. The van der Waals surface area contributed by atoms with Crippen molar-refractivity contribution in [2.45, 2.75) is 0 Å². The number of nitrogens with one attached hydrogen (secondary N) is 1. The van der Waals surface area contributed by atoms with E-state index in [1.807, 2.05) is 48.5 Å². The molecule has 0 aliphatic carbocycles. The van der Waals surface area contributed by atoms with E-state index in [4.69, 9.17) is 23.9 Å². The lowest BCUT2D eigenvalue weighted by Gasteiger charge is -2.14.